The minimum absolute atomic E-state index is 0.656. The monoisotopic (exact) mass is 313 g/mol. The van der Waals surface area contributed by atoms with E-state index >= 15 is 0 Å². The van der Waals surface area contributed by atoms with Crippen LogP contribution < -0.4 is 10.1 Å². The van der Waals surface area contributed by atoms with E-state index in [0.717, 1.165) is 36.5 Å². The van der Waals surface area contributed by atoms with E-state index in [1.54, 1.807) is 7.11 Å². The molecule has 1 fully saturated rings. The van der Waals surface area contributed by atoms with E-state index in [9.17, 15) is 0 Å². The standard InChI is InChI=1S/C14H20BrNO2/c1-17-13-4-5-14(15)12(7-13)9-16-8-11-3-2-6-18-10-11/h4-5,7,11,16H,2-3,6,8-10H2,1H3. The lowest BCUT2D eigenvalue weighted by molar-refractivity contribution is 0.0547. The first kappa shape index (κ1) is 13.8. The van der Waals surface area contributed by atoms with Crippen LogP contribution in [-0.4, -0.2) is 26.9 Å². The molecule has 18 heavy (non-hydrogen) atoms. The molecule has 1 unspecified atom stereocenters. The third-order valence-electron chi connectivity index (χ3n) is 3.26. The van der Waals surface area contributed by atoms with Crippen molar-refractivity contribution in [2.45, 2.75) is 19.4 Å². The largest absolute Gasteiger partial charge is 0.497 e. The molecule has 0 radical (unpaired) electrons. The van der Waals surface area contributed by atoms with Gasteiger partial charge in [-0.25, -0.2) is 0 Å². The van der Waals surface area contributed by atoms with Crippen LogP contribution in [0.15, 0.2) is 22.7 Å². The van der Waals surface area contributed by atoms with Crippen LogP contribution in [0.1, 0.15) is 18.4 Å². The summed E-state index contributed by atoms with van der Waals surface area (Å²) in [6.07, 6.45) is 2.46. The predicted octanol–water partition coefficient (Wildman–Crippen LogP) is 2.97. The number of halogens is 1. The molecule has 1 aromatic carbocycles. The van der Waals surface area contributed by atoms with Gasteiger partial charge in [-0.05, 0) is 42.5 Å². The van der Waals surface area contributed by atoms with Gasteiger partial charge >= 0.3 is 0 Å². The molecule has 1 aliphatic heterocycles. The molecular weight excluding hydrogens is 294 g/mol. The zero-order chi connectivity index (χ0) is 12.8. The molecule has 0 aliphatic carbocycles. The Kier molecular flexibility index (Phi) is 5.47. The Morgan fingerprint density at radius 3 is 3.11 bits per heavy atom. The second-order valence-electron chi connectivity index (χ2n) is 4.67. The van der Waals surface area contributed by atoms with Gasteiger partial charge in [-0.2, -0.15) is 0 Å². The van der Waals surface area contributed by atoms with E-state index in [-0.39, 0.29) is 0 Å². The van der Waals surface area contributed by atoms with Crippen molar-refractivity contribution in [3.63, 3.8) is 0 Å². The summed E-state index contributed by atoms with van der Waals surface area (Å²) < 4.78 is 11.8. The van der Waals surface area contributed by atoms with Gasteiger partial charge in [-0.3, -0.25) is 0 Å². The molecule has 0 spiro atoms. The summed E-state index contributed by atoms with van der Waals surface area (Å²) in [6, 6.07) is 6.05. The van der Waals surface area contributed by atoms with Crippen molar-refractivity contribution >= 4 is 15.9 Å². The highest BCUT2D eigenvalue weighted by molar-refractivity contribution is 9.10. The molecule has 2 rings (SSSR count). The van der Waals surface area contributed by atoms with Gasteiger partial charge in [0.1, 0.15) is 5.75 Å². The van der Waals surface area contributed by atoms with E-state index in [1.165, 1.54) is 18.4 Å². The summed E-state index contributed by atoms with van der Waals surface area (Å²) in [7, 11) is 1.69. The highest BCUT2D eigenvalue weighted by Crippen LogP contribution is 2.22. The highest BCUT2D eigenvalue weighted by atomic mass is 79.9. The van der Waals surface area contributed by atoms with Gasteiger partial charge in [-0.15, -0.1) is 0 Å². The molecule has 0 saturated carbocycles. The van der Waals surface area contributed by atoms with Gasteiger partial charge in [0.05, 0.1) is 13.7 Å². The minimum Gasteiger partial charge on any atom is -0.497 e. The predicted molar refractivity (Wildman–Crippen MR) is 75.9 cm³/mol. The van der Waals surface area contributed by atoms with Crippen molar-refractivity contribution in [2.75, 3.05) is 26.9 Å². The average molecular weight is 314 g/mol. The molecule has 1 aliphatic rings. The molecule has 1 saturated heterocycles. The van der Waals surface area contributed by atoms with Crippen LogP contribution in [0.3, 0.4) is 0 Å². The topological polar surface area (TPSA) is 30.5 Å². The third kappa shape index (κ3) is 3.97. The van der Waals surface area contributed by atoms with Gasteiger partial charge in [-0.1, -0.05) is 15.9 Å². The average Bonchev–Trinajstić information content (AvgIpc) is 2.42. The fourth-order valence-corrected chi connectivity index (χ4v) is 2.58. The number of ether oxygens (including phenoxy) is 2. The van der Waals surface area contributed by atoms with Gasteiger partial charge < -0.3 is 14.8 Å². The quantitative estimate of drug-likeness (QED) is 0.906. The molecule has 4 heteroatoms. The molecular formula is C14H20BrNO2. The minimum atomic E-state index is 0.656. The van der Waals surface area contributed by atoms with Crippen molar-refractivity contribution < 1.29 is 9.47 Å². The Morgan fingerprint density at radius 2 is 2.39 bits per heavy atom. The molecule has 1 N–H and O–H groups in total. The SMILES string of the molecule is COc1ccc(Br)c(CNCC2CCCOC2)c1. The lowest BCUT2D eigenvalue weighted by Crippen LogP contribution is -2.28. The smallest absolute Gasteiger partial charge is 0.119 e. The lowest BCUT2D eigenvalue weighted by atomic mass is 10.0. The summed E-state index contributed by atoms with van der Waals surface area (Å²) in [5, 5.41) is 3.50. The molecule has 1 heterocycles. The van der Waals surface area contributed by atoms with Crippen molar-refractivity contribution in [2.24, 2.45) is 5.92 Å². The van der Waals surface area contributed by atoms with E-state index in [1.807, 2.05) is 12.1 Å². The van der Waals surface area contributed by atoms with Gasteiger partial charge in [0, 0.05) is 24.2 Å². The first-order chi connectivity index (χ1) is 8.79. The molecule has 100 valence electrons. The number of rotatable bonds is 5. The third-order valence-corrected chi connectivity index (χ3v) is 4.03. The van der Waals surface area contributed by atoms with E-state index in [0.29, 0.717) is 5.92 Å². The van der Waals surface area contributed by atoms with Crippen molar-refractivity contribution in [3.05, 3.63) is 28.2 Å². The zero-order valence-corrected chi connectivity index (χ0v) is 12.3. The molecule has 0 amide bonds. The summed E-state index contributed by atoms with van der Waals surface area (Å²) >= 11 is 3.57. The zero-order valence-electron chi connectivity index (χ0n) is 10.7. The number of methoxy groups -OCH3 is 1. The molecule has 0 bridgehead atoms. The second kappa shape index (κ2) is 7.12. The Hall–Kier alpha value is -0.580. The van der Waals surface area contributed by atoms with E-state index < -0.39 is 0 Å². The first-order valence-corrected chi connectivity index (χ1v) is 7.20. The van der Waals surface area contributed by atoms with Crippen molar-refractivity contribution in [3.8, 4) is 5.75 Å². The Morgan fingerprint density at radius 1 is 1.50 bits per heavy atom. The maximum Gasteiger partial charge on any atom is 0.119 e. The van der Waals surface area contributed by atoms with Crippen LogP contribution in [0.5, 0.6) is 5.75 Å². The molecule has 3 nitrogen and oxygen atoms in total. The second-order valence-corrected chi connectivity index (χ2v) is 5.53. The van der Waals surface area contributed by atoms with E-state index in [2.05, 4.69) is 27.3 Å². The highest BCUT2D eigenvalue weighted by Gasteiger charge is 2.13. The van der Waals surface area contributed by atoms with Crippen LogP contribution in [0.4, 0.5) is 0 Å². The summed E-state index contributed by atoms with van der Waals surface area (Å²) in [4.78, 5) is 0. The van der Waals surface area contributed by atoms with E-state index in [4.69, 9.17) is 9.47 Å². The fraction of sp³-hybridized carbons (Fsp3) is 0.571. The van der Waals surface area contributed by atoms with Crippen LogP contribution in [-0.2, 0) is 11.3 Å². The Labute approximate surface area is 117 Å². The van der Waals surface area contributed by atoms with Crippen LogP contribution in [0.2, 0.25) is 0 Å². The Bertz CT molecular complexity index is 378. The number of benzene rings is 1. The van der Waals surface area contributed by atoms with Crippen LogP contribution in [0.25, 0.3) is 0 Å². The first-order valence-electron chi connectivity index (χ1n) is 6.40. The number of nitrogens with one attached hydrogen (secondary N) is 1. The van der Waals surface area contributed by atoms with Gasteiger partial charge in [0.25, 0.3) is 0 Å². The number of hydrogen-bond acceptors (Lipinski definition) is 3. The molecule has 1 aromatic rings. The normalized spacial score (nSPS) is 19.8. The lowest BCUT2D eigenvalue weighted by Gasteiger charge is -2.22. The summed E-state index contributed by atoms with van der Waals surface area (Å²) in [6.45, 7) is 3.70. The molecule has 0 aromatic heterocycles. The van der Waals surface area contributed by atoms with Gasteiger partial charge in [0.2, 0.25) is 0 Å². The van der Waals surface area contributed by atoms with Gasteiger partial charge in [0.15, 0.2) is 0 Å². The van der Waals surface area contributed by atoms with Crippen molar-refractivity contribution in [1.29, 1.82) is 0 Å². The van der Waals surface area contributed by atoms with Crippen molar-refractivity contribution in [1.82, 2.24) is 5.32 Å². The maximum absolute atomic E-state index is 5.48. The Balaban J connectivity index is 1.81. The maximum atomic E-state index is 5.48. The van der Waals surface area contributed by atoms with Crippen LogP contribution in [0, 0.1) is 5.92 Å². The summed E-state index contributed by atoms with van der Waals surface area (Å²) in [5.74, 6) is 1.55. The fourth-order valence-electron chi connectivity index (χ4n) is 2.19. The van der Waals surface area contributed by atoms with Crippen LogP contribution >= 0.6 is 15.9 Å². The summed E-state index contributed by atoms with van der Waals surface area (Å²) in [5.41, 5.74) is 1.23. The molecule has 1 atom stereocenters. The number of hydrogen-bond donors (Lipinski definition) is 1.